The maximum absolute atomic E-state index is 12.7. The van der Waals surface area contributed by atoms with Gasteiger partial charge in [0.1, 0.15) is 6.26 Å². The van der Waals surface area contributed by atoms with Gasteiger partial charge in [0.05, 0.1) is 32.7 Å². The van der Waals surface area contributed by atoms with Crippen molar-refractivity contribution in [2.75, 3.05) is 34.9 Å². The summed E-state index contributed by atoms with van der Waals surface area (Å²) in [6.45, 7) is 0.460. The quantitative estimate of drug-likeness (QED) is 0.644. The van der Waals surface area contributed by atoms with Crippen LogP contribution in [0.4, 0.5) is 4.79 Å². The summed E-state index contributed by atoms with van der Waals surface area (Å²) < 4.78 is 15.9. The van der Waals surface area contributed by atoms with Gasteiger partial charge in [0.2, 0.25) is 0 Å². The monoisotopic (exact) mass is 420 g/mol. The van der Waals surface area contributed by atoms with Gasteiger partial charge < -0.3 is 18.9 Å². The number of aromatic nitrogens is 1. The molecule has 1 aliphatic heterocycles. The van der Waals surface area contributed by atoms with Crippen LogP contribution in [0.1, 0.15) is 16.7 Å². The number of carbonyl (C=O) groups is 1. The summed E-state index contributed by atoms with van der Waals surface area (Å²) in [6.07, 6.45) is 3.91. The van der Waals surface area contributed by atoms with Crippen LogP contribution in [-0.4, -0.2) is 61.7 Å². The lowest BCUT2D eigenvalue weighted by molar-refractivity contribution is 0.174. The van der Waals surface area contributed by atoms with Crippen molar-refractivity contribution < 1.29 is 18.8 Å². The Morgan fingerprint density at radius 3 is 2.32 bits per heavy atom. The van der Waals surface area contributed by atoms with Crippen molar-refractivity contribution in [1.82, 2.24) is 15.1 Å². The fourth-order valence-corrected chi connectivity index (χ4v) is 3.55. The minimum atomic E-state index is -0.176. The van der Waals surface area contributed by atoms with E-state index >= 15 is 0 Å². The highest BCUT2D eigenvalue weighted by Crippen LogP contribution is 2.34. The molecule has 8 nitrogen and oxygen atoms in total. The summed E-state index contributed by atoms with van der Waals surface area (Å²) in [5.41, 5.74) is 5.39. The van der Waals surface area contributed by atoms with Gasteiger partial charge in [-0.05, 0) is 29.7 Å². The molecule has 0 atom stereocenters. The van der Waals surface area contributed by atoms with Crippen LogP contribution in [0.15, 0.2) is 58.5 Å². The van der Waals surface area contributed by atoms with Crippen molar-refractivity contribution >= 4 is 11.7 Å². The van der Waals surface area contributed by atoms with E-state index in [1.54, 1.807) is 40.8 Å². The van der Waals surface area contributed by atoms with Crippen molar-refractivity contribution in [3.63, 3.8) is 0 Å². The van der Waals surface area contributed by atoms with E-state index in [-0.39, 0.29) is 6.03 Å². The maximum atomic E-state index is 12.7. The number of hydrazone groups is 1. The molecular formula is C23H24N4O4. The number of amides is 2. The average Bonchev–Trinajstić information content (AvgIpc) is 3.27. The Balaban J connectivity index is 1.83. The molecule has 31 heavy (non-hydrogen) atoms. The van der Waals surface area contributed by atoms with Gasteiger partial charge >= 0.3 is 6.03 Å². The number of hydrogen-bond donors (Lipinski definition) is 0. The number of ether oxygens (including phenoxy) is 2. The molecule has 0 unspecified atom stereocenters. The molecule has 160 valence electrons. The van der Waals surface area contributed by atoms with Gasteiger partial charge in [-0.2, -0.15) is 5.10 Å². The van der Waals surface area contributed by atoms with Crippen LogP contribution in [0.25, 0.3) is 11.1 Å². The topological polar surface area (TPSA) is 80.4 Å². The number of benzene rings is 2. The lowest BCUT2D eigenvalue weighted by atomic mass is 9.94. The average molecular weight is 420 g/mol. The first kappa shape index (κ1) is 20.5. The summed E-state index contributed by atoms with van der Waals surface area (Å²) in [7, 11) is 6.65. The van der Waals surface area contributed by atoms with E-state index in [0.717, 1.165) is 27.8 Å². The SMILES string of the molecule is COc1cc2c(cc1OC)C(c1ccc(-c3cnoc3)cc1)=NN(C(=O)N(C)C)CC2. The third-order valence-electron chi connectivity index (χ3n) is 5.21. The fourth-order valence-electron chi connectivity index (χ4n) is 3.55. The first-order chi connectivity index (χ1) is 15.0. The Bertz CT molecular complexity index is 1110. The van der Waals surface area contributed by atoms with E-state index < -0.39 is 0 Å². The minimum absolute atomic E-state index is 0.176. The molecule has 0 N–H and O–H groups in total. The van der Waals surface area contributed by atoms with Crippen LogP contribution in [0, 0.1) is 0 Å². The highest BCUT2D eigenvalue weighted by molar-refractivity contribution is 6.14. The van der Waals surface area contributed by atoms with Crippen molar-refractivity contribution in [2.24, 2.45) is 5.10 Å². The predicted molar refractivity (Wildman–Crippen MR) is 117 cm³/mol. The third kappa shape index (κ3) is 3.96. The Morgan fingerprint density at radius 2 is 1.71 bits per heavy atom. The Labute approximate surface area is 180 Å². The second-order valence-electron chi connectivity index (χ2n) is 7.35. The lowest BCUT2D eigenvalue weighted by Gasteiger charge is -2.20. The van der Waals surface area contributed by atoms with Crippen LogP contribution in [-0.2, 0) is 6.42 Å². The molecule has 0 aliphatic carbocycles. The molecule has 8 heteroatoms. The summed E-state index contributed by atoms with van der Waals surface area (Å²) in [6, 6.07) is 11.6. The molecule has 2 aromatic carbocycles. The van der Waals surface area contributed by atoms with Crippen LogP contribution >= 0.6 is 0 Å². The van der Waals surface area contributed by atoms with Gasteiger partial charge in [-0.1, -0.05) is 29.4 Å². The van der Waals surface area contributed by atoms with Crippen molar-refractivity contribution in [3.05, 3.63) is 65.5 Å². The summed E-state index contributed by atoms with van der Waals surface area (Å²) >= 11 is 0. The standard InChI is InChI=1S/C23H24N4O4/c1-26(2)23(28)27-10-9-17-11-20(29-3)21(30-4)12-19(17)22(25-27)16-7-5-15(6-8-16)18-13-24-31-14-18/h5-8,11-14H,9-10H2,1-4H3. The van der Waals surface area contributed by atoms with E-state index in [2.05, 4.69) is 5.16 Å². The lowest BCUT2D eigenvalue weighted by Crippen LogP contribution is -2.37. The minimum Gasteiger partial charge on any atom is -0.493 e. The van der Waals surface area contributed by atoms with E-state index in [4.69, 9.17) is 19.1 Å². The molecule has 0 radical (unpaired) electrons. The number of carbonyl (C=O) groups excluding carboxylic acids is 1. The highest BCUT2D eigenvalue weighted by Gasteiger charge is 2.25. The number of nitrogens with zero attached hydrogens (tertiary/aromatic N) is 4. The number of methoxy groups -OCH3 is 2. The first-order valence-electron chi connectivity index (χ1n) is 9.84. The van der Waals surface area contributed by atoms with Crippen LogP contribution in [0.2, 0.25) is 0 Å². The Kier molecular flexibility index (Phi) is 5.62. The largest absolute Gasteiger partial charge is 0.493 e. The van der Waals surface area contributed by atoms with E-state index in [9.17, 15) is 4.79 Å². The second-order valence-corrected chi connectivity index (χ2v) is 7.35. The zero-order chi connectivity index (χ0) is 22.0. The van der Waals surface area contributed by atoms with Crippen LogP contribution < -0.4 is 9.47 Å². The third-order valence-corrected chi connectivity index (χ3v) is 5.21. The number of rotatable bonds is 4. The molecule has 3 aromatic rings. The summed E-state index contributed by atoms with van der Waals surface area (Å²) in [5.74, 6) is 1.26. The molecule has 0 spiro atoms. The van der Waals surface area contributed by atoms with Gasteiger partial charge in [0.25, 0.3) is 0 Å². The van der Waals surface area contributed by atoms with Crippen molar-refractivity contribution in [3.8, 4) is 22.6 Å². The van der Waals surface area contributed by atoms with Gasteiger partial charge in [0.15, 0.2) is 11.5 Å². The Hall–Kier alpha value is -3.81. The molecule has 1 aromatic heterocycles. The molecule has 2 amide bonds. The maximum Gasteiger partial charge on any atom is 0.339 e. The first-order valence-corrected chi connectivity index (χ1v) is 9.84. The van der Waals surface area contributed by atoms with E-state index in [1.807, 2.05) is 36.4 Å². The molecule has 1 aliphatic rings. The fraction of sp³-hybridized carbons (Fsp3) is 0.261. The van der Waals surface area contributed by atoms with Crippen LogP contribution in [0.3, 0.4) is 0 Å². The van der Waals surface area contributed by atoms with Crippen molar-refractivity contribution in [1.29, 1.82) is 0 Å². The molecular weight excluding hydrogens is 396 g/mol. The van der Waals surface area contributed by atoms with Gasteiger partial charge in [-0.25, -0.2) is 9.80 Å². The number of hydrogen-bond acceptors (Lipinski definition) is 6. The Morgan fingerprint density at radius 1 is 1.03 bits per heavy atom. The number of urea groups is 1. The highest BCUT2D eigenvalue weighted by atomic mass is 16.5. The molecule has 2 heterocycles. The molecule has 0 fully saturated rings. The van der Waals surface area contributed by atoms with Gasteiger partial charge in [-0.15, -0.1) is 0 Å². The zero-order valence-electron chi connectivity index (χ0n) is 18.0. The normalized spacial score (nSPS) is 13.2. The smallest absolute Gasteiger partial charge is 0.339 e. The van der Waals surface area contributed by atoms with Crippen LogP contribution in [0.5, 0.6) is 11.5 Å². The molecule has 4 rings (SSSR count). The van der Waals surface area contributed by atoms with E-state index in [1.165, 1.54) is 9.91 Å². The van der Waals surface area contributed by atoms with Gasteiger partial charge in [-0.3, -0.25) is 0 Å². The van der Waals surface area contributed by atoms with Gasteiger partial charge in [0, 0.05) is 30.8 Å². The second kappa shape index (κ2) is 8.51. The zero-order valence-corrected chi connectivity index (χ0v) is 18.0. The summed E-state index contributed by atoms with van der Waals surface area (Å²) in [4.78, 5) is 14.2. The van der Waals surface area contributed by atoms with Crippen molar-refractivity contribution in [2.45, 2.75) is 6.42 Å². The molecule has 0 bridgehead atoms. The van der Waals surface area contributed by atoms with E-state index in [0.29, 0.717) is 30.2 Å². The molecule has 0 saturated heterocycles. The summed E-state index contributed by atoms with van der Waals surface area (Å²) in [5, 5.41) is 10.0. The predicted octanol–water partition coefficient (Wildman–Crippen LogP) is 3.65. The number of fused-ring (bicyclic) bond motifs is 1. The molecule has 0 saturated carbocycles.